The van der Waals surface area contributed by atoms with Crippen molar-refractivity contribution >= 4 is 28.7 Å². The first-order chi connectivity index (χ1) is 9.63. The maximum Gasteiger partial charge on any atom is 0.271 e. The Morgan fingerprint density at radius 2 is 2.05 bits per heavy atom. The highest BCUT2D eigenvalue weighted by Crippen LogP contribution is 2.16. The molecule has 1 aromatic rings. The Labute approximate surface area is 124 Å². The van der Waals surface area contributed by atoms with Crippen molar-refractivity contribution in [1.82, 2.24) is 5.32 Å². The van der Waals surface area contributed by atoms with Gasteiger partial charge in [-0.25, -0.2) is 0 Å². The highest BCUT2D eigenvalue weighted by atomic mass is 32.1. The SMILES string of the molecule is CCCCCCCNC(=S)Nc1cccc([N+](=O)[O-])c1. The molecule has 1 aromatic carbocycles. The number of thiocarbonyl (C=S) groups is 1. The molecule has 0 atom stereocenters. The van der Waals surface area contributed by atoms with Crippen molar-refractivity contribution in [2.45, 2.75) is 39.0 Å². The lowest BCUT2D eigenvalue weighted by Crippen LogP contribution is -2.29. The van der Waals surface area contributed by atoms with Crippen LogP contribution in [0.15, 0.2) is 24.3 Å². The molecule has 20 heavy (non-hydrogen) atoms. The summed E-state index contributed by atoms with van der Waals surface area (Å²) in [6.45, 7) is 3.01. The van der Waals surface area contributed by atoms with Crippen LogP contribution in [0.4, 0.5) is 11.4 Å². The predicted molar refractivity (Wildman–Crippen MR) is 86.1 cm³/mol. The largest absolute Gasteiger partial charge is 0.362 e. The van der Waals surface area contributed by atoms with Crippen molar-refractivity contribution in [3.05, 3.63) is 34.4 Å². The zero-order valence-electron chi connectivity index (χ0n) is 11.7. The van der Waals surface area contributed by atoms with Gasteiger partial charge in [0.05, 0.1) is 4.92 Å². The van der Waals surface area contributed by atoms with Gasteiger partial charge in [-0.2, -0.15) is 0 Å². The Kier molecular flexibility index (Phi) is 7.57. The number of nitro benzene ring substituents is 1. The van der Waals surface area contributed by atoms with Crippen LogP contribution in [0.25, 0.3) is 0 Å². The van der Waals surface area contributed by atoms with Gasteiger partial charge in [0.15, 0.2) is 5.11 Å². The van der Waals surface area contributed by atoms with Gasteiger partial charge in [-0.15, -0.1) is 0 Å². The maximum absolute atomic E-state index is 10.7. The first kappa shape index (κ1) is 16.4. The number of unbranched alkanes of at least 4 members (excludes halogenated alkanes) is 4. The Morgan fingerprint density at radius 1 is 1.30 bits per heavy atom. The normalized spacial score (nSPS) is 10.1. The third-order valence-corrected chi connectivity index (χ3v) is 3.13. The highest BCUT2D eigenvalue weighted by molar-refractivity contribution is 7.80. The molecule has 0 aromatic heterocycles. The average Bonchev–Trinajstić information content (AvgIpc) is 2.43. The lowest BCUT2D eigenvalue weighted by atomic mass is 10.1. The third kappa shape index (κ3) is 6.47. The molecule has 6 heteroatoms. The van der Waals surface area contributed by atoms with Crippen molar-refractivity contribution < 1.29 is 4.92 Å². The molecular formula is C14H21N3O2S. The van der Waals surface area contributed by atoms with Gasteiger partial charge in [0, 0.05) is 24.4 Å². The van der Waals surface area contributed by atoms with Crippen LogP contribution in [0.5, 0.6) is 0 Å². The predicted octanol–water partition coefficient (Wildman–Crippen LogP) is 3.85. The van der Waals surface area contributed by atoms with Crippen molar-refractivity contribution in [3.63, 3.8) is 0 Å². The van der Waals surface area contributed by atoms with Gasteiger partial charge >= 0.3 is 0 Å². The van der Waals surface area contributed by atoms with E-state index < -0.39 is 4.92 Å². The monoisotopic (exact) mass is 295 g/mol. The van der Waals surface area contributed by atoms with E-state index in [0.29, 0.717) is 10.8 Å². The molecule has 1 rings (SSSR count). The molecule has 0 aliphatic heterocycles. The van der Waals surface area contributed by atoms with E-state index in [0.717, 1.165) is 13.0 Å². The van der Waals surface area contributed by atoms with Crippen LogP contribution in [0.1, 0.15) is 39.0 Å². The molecule has 5 nitrogen and oxygen atoms in total. The molecule has 0 fully saturated rings. The molecule has 0 spiro atoms. The summed E-state index contributed by atoms with van der Waals surface area (Å²) in [7, 11) is 0. The van der Waals surface area contributed by atoms with Crippen LogP contribution >= 0.6 is 12.2 Å². The zero-order chi connectivity index (χ0) is 14.8. The standard InChI is InChI=1S/C14H21N3O2S/c1-2-3-4-5-6-10-15-14(20)16-12-8-7-9-13(11-12)17(18)19/h7-9,11H,2-6,10H2,1H3,(H2,15,16,20). The summed E-state index contributed by atoms with van der Waals surface area (Å²) in [6, 6.07) is 6.31. The number of rotatable bonds is 8. The first-order valence-corrected chi connectivity index (χ1v) is 7.33. The minimum atomic E-state index is -0.421. The molecule has 0 aliphatic carbocycles. The van der Waals surface area contributed by atoms with Crippen LogP contribution in [0.3, 0.4) is 0 Å². The van der Waals surface area contributed by atoms with Gasteiger partial charge in [0.1, 0.15) is 0 Å². The first-order valence-electron chi connectivity index (χ1n) is 6.92. The van der Waals surface area contributed by atoms with Crippen LogP contribution in [0.2, 0.25) is 0 Å². The molecule has 110 valence electrons. The quantitative estimate of drug-likeness (QED) is 0.330. The van der Waals surface area contributed by atoms with Crippen LogP contribution in [0, 0.1) is 10.1 Å². The van der Waals surface area contributed by atoms with Gasteiger partial charge in [-0.05, 0) is 24.7 Å². The second-order valence-corrected chi connectivity index (χ2v) is 5.01. The fraction of sp³-hybridized carbons (Fsp3) is 0.500. The molecule has 0 saturated heterocycles. The number of nitrogens with one attached hydrogen (secondary N) is 2. The molecular weight excluding hydrogens is 274 g/mol. The molecule has 0 bridgehead atoms. The third-order valence-electron chi connectivity index (χ3n) is 2.88. The summed E-state index contributed by atoms with van der Waals surface area (Å²) in [5.74, 6) is 0. The number of nitro groups is 1. The van der Waals surface area contributed by atoms with E-state index in [1.54, 1.807) is 12.1 Å². The van der Waals surface area contributed by atoms with E-state index >= 15 is 0 Å². The maximum atomic E-state index is 10.7. The summed E-state index contributed by atoms with van der Waals surface area (Å²) in [4.78, 5) is 10.2. The van der Waals surface area contributed by atoms with E-state index in [4.69, 9.17) is 12.2 Å². The fourth-order valence-electron chi connectivity index (χ4n) is 1.80. The number of hydrogen-bond donors (Lipinski definition) is 2. The number of anilines is 1. The number of benzene rings is 1. The van der Waals surface area contributed by atoms with E-state index in [9.17, 15) is 10.1 Å². The smallest absolute Gasteiger partial charge is 0.271 e. The van der Waals surface area contributed by atoms with Crippen molar-refractivity contribution in [2.24, 2.45) is 0 Å². The topological polar surface area (TPSA) is 67.2 Å². The van der Waals surface area contributed by atoms with E-state index in [1.165, 1.54) is 37.8 Å². The Bertz CT molecular complexity index is 452. The number of non-ortho nitro benzene ring substituents is 1. The minimum absolute atomic E-state index is 0.0531. The second kappa shape index (κ2) is 9.25. The molecule has 0 aliphatic rings. The van der Waals surface area contributed by atoms with E-state index in [2.05, 4.69) is 17.6 Å². The molecule has 2 N–H and O–H groups in total. The van der Waals surface area contributed by atoms with Crippen LogP contribution in [-0.2, 0) is 0 Å². The van der Waals surface area contributed by atoms with Gasteiger partial charge in [-0.3, -0.25) is 10.1 Å². The molecule has 0 unspecified atom stereocenters. The Morgan fingerprint density at radius 3 is 2.75 bits per heavy atom. The molecule has 0 radical (unpaired) electrons. The molecule has 0 heterocycles. The van der Waals surface area contributed by atoms with Crippen LogP contribution < -0.4 is 10.6 Å². The second-order valence-electron chi connectivity index (χ2n) is 4.60. The Hall–Kier alpha value is -1.69. The molecule has 0 amide bonds. The highest BCUT2D eigenvalue weighted by Gasteiger charge is 2.06. The zero-order valence-corrected chi connectivity index (χ0v) is 12.5. The minimum Gasteiger partial charge on any atom is -0.362 e. The van der Waals surface area contributed by atoms with Gasteiger partial charge in [-0.1, -0.05) is 38.7 Å². The van der Waals surface area contributed by atoms with Gasteiger partial charge in [0.2, 0.25) is 0 Å². The lowest BCUT2D eigenvalue weighted by molar-refractivity contribution is -0.384. The van der Waals surface area contributed by atoms with Crippen molar-refractivity contribution in [3.8, 4) is 0 Å². The van der Waals surface area contributed by atoms with Gasteiger partial charge < -0.3 is 10.6 Å². The summed E-state index contributed by atoms with van der Waals surface area (Å²) >= 11 is 5.15. The van der Waals surface area contributed by atoms with Crippen molar-refractivity contribution in [1.29, 1.82) is 0 Å². The van der Waals surface area contributed by atoms with E-state index in [-0.39, 0.29) is 5.69 Å². The van der Waals surface area contributed by atoms with E-state index in [1.807, 2.05) is 0 Å². The lowest BCUT2D eigenvalue weighted by Gasteiger charge is -2.10. The summed E-state index contributed by atoms with van der Waals surface area (Å²) in [6.07, 6.45) is 6.04. The number of nitrogens with zero attached hydrogens (tertiary/aromatic N) is 1. The average molecular weight is 295 g/mol. The van der Waals surface area contributed by atoms with Crippen LogP contribution in [-0.4, -0.2) is 16.6 Å². The number of hydrogen-bond acceptors (Lipinski definition) is 3. The molecule has 0 saturated carbocycles. The van der Waals surface area contributed by atoms with Gasteiger partial charge in [0.25, 0.3) is 5.69 Å². The van der Waals surface area contributed by atoms with Crippen molar-refractivity contribution in [2.75, 3.05) is 11.9 Å². The summed E-state index contributed by atoms with van der Waals surface area (Å²) < 4.78 is 0. The Balaban J connectivity index is 2.28. The fourth-order valence-corrected chi connectivity index (χ4v) is 2.02. The summed E-state index contributed by atoms with van der Waals surface area (Å²) in [5, 5.41) is 17.2. The summed E-state index contributed by atoms with van der Waals surface area (Å²) in [5.41, 5.74) is 0.681.